The molecule has 0 spiro atoms. The second kappa shape index (κ2) is 8.37. The summed E-state index contributed by atoms with van der Waals surface area (Å²) in [6, 6.07) is 12.7. The third kappa shape index (κ3) is 4.75. The van der Waals surface area contributed by atoms with Gasteiger partial charge >= 0.3 is 6.18 Å². The molecule has 0 aromatic heterocycles. The zero-order chi connectivity index (χ0) is 20.3. The molecule has 2 aromatic carbocycles. The van der Waals surface area contributed by atoms with E-state index in [9.17, 15) is 18.0 Å². The van der Waals surface area contributed by atoms with Gasteiger partial charge in [0, 0.05) is 18.1 Å². The van der Waals surface area contributed by atoms with Gasteiger partial charge < -0.3 is 5.32 Å². The van der Waals surface area contributed by atoms with Crippen molar-refractivity contribution in [2.75, 3.05) is 18.4 Å². The fraction of sp³-hybridized carbons (Fsp3) is 0.286. The van der Waals surface area contributed by atoms with Crippen molar-refractivity contribution in [3.05, 3.63) is 70.8 Å². The first kappa shape index (κ1) is 20.4. The van der Waals surface area contributed by atoms with Crippen LogP contribution in [0, 0.1) is 0 Å². The molecule has 0 aliphatic carbocycles. The van der Waals surface area contributed by atoms with E-state index in [1.165, 1.54) is 17.7 Å². The van der Waals surface area contributed by atoms with E-state index in [-0.39, 0.29) is 10.7 Å². The fourth-order valence-electron chi connectivity index (χ4n) is 3.21. The fourth-order valence-corrected chi connectivity index (χ4v) is 3.39. The van der Waals surface area contributed by atoms with Crippen LogP contribution in [-0.4, -0.2) is 29.9 Å². The highest BCUT2D eigenvalue weighted by molar-refractivity contribution is 6.30. The first-order valence-corrected chi connectivity index (χ1v) is 9.29. The summed E-state index contributed by atoms with van der Waals surface area (Å²) in [5.74, 6) is -0.482. The van der Waals surface area contributed by atoms with Crippen LogP contribution in [0.2, 0.25) is 5.02 Å². The summed E-state index contributed by atoms with van der Waals surface area (Å²) in [6.07, 6.45) is -1.77. The molecule has 148 valence electrons. The molecule has 1 amide bonds. The molecule has 1 atom stereocenters. The first-order valence-electron chi connectivity index (χ1n) is 8.92. The maximum Gasteiger partial charge on any atom is 0.418 e. The summed E-state index contributed by atoms with van der Waals surface area (Å²) in [5, 5.41) is 2.37. The molecule has 0 bridgehead atoms. The lowest BCUT2D eigenvalue weighted by molar-refractivity contribution is -0.137. The lowest BCUT2D eigenvalue weighted by Gasteiger charge is -2.31. The van der Waals surface area contributed by atoms with Gasteiger partial charge in [-0.15, -0.1) is 0 Å². The number of benzene rings is 2. The van der Waals surface area contributed by atoms with Gasteiger partial charge in [0.25, 0.3) is 0 Å². The Labute approximate surface area is 166 Å². The molecule has 1 aliphatic rings. The summed E-state index contributed by atoms with van der Waals surface area (Å²) < 4.78 is 39.6. The quantitative estimate of drug-likeness (QED) is 0.727. The lowest BCUT2D eigenvalue weighted by atomic mass is 9.99. The highest BCUT2D eigenvalue weighted by Crippen LogP contribution is 2.36. The van der Waals surface area contributed by atoms with Crippen LogP contribution < -0.4 is 5.32 Å². The Morgan fingerprint density at radius 1 is 1.18 bits per heavy atom. The SMILES string of the molecule is C[C@H](C(=O)Nc1ccc(Cl)cc1C(F)(F)F)N1CC=C(c2ccccc2)CC1. The minimum atomic E-state index is -4.60. The molecular weight excluding hydrogens is 389 g/mol. The number of rotatable bonds is 4. The summed E-state index contributed by atoms with van der Waals surface area (Å²) in [6.45, 7) is 2.91. The highest BCUT2D eigenvalue weighted by atomic mass is 35.5. The smallest absolute Gasteiger partial charge is 0.324 e. The van der Waals surface area contributed by atoms with Crippen LogP contribution in [0.5, 0.6) is 0 Å². The van der Waals surface area contributed by atoms with Gasteiger partial charge in [0.1, 0.15) is 0 Å². The Hall–Kier alpha value is -2.31. The minimum absolute atomic E-state index is 0.0343. The summed E-state index contributed by atoms with van der Waals surface area (Å²) >= 11 is 5.68. The van der Waals surface area contributed by atoms with Crippen molar-refractivity contribution in [1.29, 1.82) is 0 Å². The van der Waals surface area contributed by atoms with Crippen LogP contribution in [-0.2, 0) is 11.0 Å². The predicted molar refractivity (Wildman–Crippen MR) is 105 cm³/mol. The second-order valence-electron chi connectivity index (χ2n) is 6.69. The van der Waals surface area contributed by atoms with E-state index >= 15 is 0 Å². The summed E-state index contributed by atoms with van der Waals surface area (Å²) in [4.78, 5) is 14.5. The third-order valence-electron chi connectivity index (χ3n) is 4.86. The molecule has 0 fully saturated rings. The number of nitrogens with one attached hydrogen (secondary N) is 1. The standard InChI is InChI=1S/C21H20ClF3N2O/c1-14(27-11-9-16(10-12-27)15-5-3-2-4-6-15)20(28)26-19-8-7-17(22)13-18(19)21(23,24)25/h2-9,13-14H,10-12H2,1H3,(H,26,28)/t14-/m1/s1. The van der Waals surface area contributed by atoms with E-state index in [2.05, 4.69) is 11.4 Å². The molecule has 1 heterocycles. The van der Waals surface area contributed by atoms with Gasteiger partial charge in [0.2, 0.25) is 5.91 Å². The van der Waals surface area contributed by atoms with Crippen LogP contribution in [0.25, 0.3) is 5.57 Å². The molecule has 0 radical (unpaired) electrons. The van der Waals surface area contributed by atoms with Gasteiger partial charge in [0.05, 0.1) is 17.3 Å². The molecule has 28 heavy (non-hydrogen) atoms. The number of nitrogens with zero attached hydrogens (tertiary/aromatic N) is 1. The van der Waals surface area contributed by atoms with E-state index in [1.807, 2.05) is 35.2 Å². The maximum atomic E-state index is 13.2. The summed E-state index contributed by atoms with van der Waals surface area (Å²) in [5.41, 5.74) is 1.12. The molecular formula is C21H20ClF3N2O. The van der Waals surface area contributed by atoms with Gasteiger partial charge in [0.15, 0.2) is 0 Å². The van der Waals surface area contributed by atoms with E-state index in [1.54, 1.807) is 6.92 Å². The van der Waals surface area contributed by atoms with Crippen LogP contribution in [0.4, 0.5) is 18.9 Å². The number of alkyl halides is 3. The van der Waals surface area contributed by atoms with Gasteiger partial charge in [-0.05, 0) is 42.7 Å². The molecule has 1 aliphatic heterocycles. The number of carbonyl (C=O) groups excluding carboxylic acids is 1. The normalized spacial score (nSPS) is 16.4. The molecule has 0 saturated heterocycles. The van der Waals surface area contributed by atoms with E-state index < -0.39 is 23.7 Å². The number of amides is 1. The van der Waals surface area contributed by atoms with Crippen molar-refractivity contribution in [3.8, 4) is 0 Å². The van der Waals surface area contributed by atoms with Crippen LogP contribution in [0.15, 0.2) is 54.6 Å². The predicted octanol–water partition coefficient (Wildman–Crippen LogP) is 5.48. The molecule has 3 nitrogen and oxygen atoms in total. The van der Waals surface area contributed by atoms with Crippen molar-refractivity contribution < 1.29 is 18.0 Å². The number of carbonyl (C=O) groups is 1. The Balaban J connectivity index is 1.69. The molecule has 0 unspecified atom stereocenters. The van der Waals surface area contributed by atoms with Crippen LogP contribution >= 0.6 is 11.6 Å². The highest BCUT2D eigenvalue weighted by Gasteiger charge is 2.35. The molecule has 7 heteroatoms. The number of hydrogen-bond donors (Lipinski definition) is 1. The lowest BCUT2D eigenvalue weighted by Crippen LogP contribution is -2.44. The van der Waals surface area contributed by atoms with Crippen molar-refractivity contribution in [1.82, 2.24) is 4.90 Å². The van der Waals surface area contributed by atoms with Gasteiger partial charge in [-0.25, -0.2) is 0 Å². The summed E-state index contributed by atoms with van der Waals surface area (Å²) in [7, 11) is 0. The van der Waals surface area contributed by atoms with Gasteiger partial charge in [-0.2, -0.15) is 13.2 Å². The minimum Gasteiger partial charge on any atom is -0.324 e. The Morgan fingerprint density at radius 3 is 2.50 bits per heavy atom. The number of anilines is 1. The Kier molecular flexibility index (Phi) is 6.10. The number of halogens is 4. The maximum absolute atomic E-state index is 13.2. The van der Waals surface area contributed by atoms with E-state index in [0.717, 1.165) is 18.1 Å². The van der Waals surface area contributed by atoms with Crippen LogP contribution in [0.3, 0.4) is 0 Å². The second-order valence-corrected chi connectivity index (χ2v) is 7.13. The van der Waals surface area contributed by atoms with Gasteiger partial charge in [-0.1, -0.05) is 48.0 Å². The molecule has 1 N–H and O–H groups in total. The largest absolute Gasteiger partial charge is 0.418 e. The molecule has 0 saturated carbocycles. The van der Waals surface area contributed by atoms with Gasteiger partial charge in [-0.3, -0.25) is 9.69 Å². The number of hydrogen-bond acceptors (Lipinski definition) is 2. The topological polar surface area (TPSA) is 32.3 Å². The van der Waals surface area contributed by atoms with E-state index in [0.29, 0.717) is 13.1 Å². The third-order valence-corrected chi connectivity index (χ3v) is 5.09. The average Bonchev–Trinajstić information content (AvgIpc) is 2.68. The van der Waals surface area contributed by atoms with Crippen molar-refractivity contribution in [2.24, 2.45) is 0 Å². The zero-order valence-corrected chi connectivity index (χ0v) is 16.0. The Bertz CT molecular complexity index is 881. The van der Waals surface area contributed by atoms with Crippen LogP contribution in [0.1, 0.15) is 24.5 Å². The monoisotopic (exact) mass is 408 g/mol. The van der Waals surface area contributed by atoms with E-state index in [4.69, 9.17) is 11.6 Å². The Morgan fingerprint density at radius 2 is 1.89 bits per heavy atom. The van der Waals surface area contributed by atoms with Crippen molar-refractivity contribution in [2.45, 2.75) is 25.6 Å². The van der Waals surface area contributed by atoms with Crippen molar-refractivity contribution >= 4 is 28.8 Å². The molecule has 2 aromatic rings. The molecule has 3 rings (SSSR count). The zero-order valence-electron chi connectivity index (χ0n) is 15.3. The first-order chi connectivity index (χ1) is 13.3. The van der Waals surface area contributed by atoms with Crippen molar-refractivity contribution in [3.63, 3.8) is 0 Å². The average molecular weight is 409 g/mol.